The Morgan fingerprint density at radius 2 is 1.84 bits per heavy atom. The Morgan fingerprint density at radius 1 is 1.11 bits per heavy atom. The summed E-state index contributed by atoms with van der Waals surface area (Å²) in [5, 5.41) is 9.53. The summed E-state index contributed by atoms with van der Waals surface area (Å²) in [5.41, 5.74) is 0.792. The molecule has 4 aliphatic rings. The third-order valence-electron chi connectivity index (χ3n) is 9.12. The van der Waals surface area contributed by atoms with Crippen LogP contribution in [0.5, 0.6) is 5.75 Å². The van der Waals surface area contributed by atoms with Crippen molar-refractivity contribution in [1.82, 2.24) is 0 Å². The molecule has 0 spiro atoms. The highest BCUT2D eigenvalue weighted by Crippen LogP contribution is 2.67. The van der Waals surface area contributed by atoms with Gasteiger partial charge in [0.15, 0.2) is 5.78 Å². The highest BCUT2D eigenvalue weighted by Gasteiger charge is 2.73. The second kappa shape index (κ2) is 8.58. The molecule has 1 N–H and O–H groups in total. The molecule has 1 saturated carbocycles. The highest BCUT2D eigenvalue weighted by atomic mass is 16.6. The molecule has 8 unspecified atom stereocenters. The largest absolute Gasteiger partial charge is 0.508 e. The number of aromatic hydroxyl groups is 1. The van der Waals surface area contributed by atoms with Crippen LogP contribution in [0.25, 0.3) is 0 Å². The fraction of sp³-hybridized carbons (Fsp3) is 0.448. The van der Waals surface area contributed by atoms with Gasteiger partial charge < -0.3 is 23.7 Å². The zero-order valence-corrected chi connectivity index (χ0v) is 21.2. The topological polar surface area (TPSA) is 129 Å². The zero-order chi connectivity index (χ0) is 26.9. The van der Waals surface area contributed by atoms with E-state index >= 15 is 0 Å². The number of Topliss-reactive ketones (excluding diaryl/α,β-unsaturated/α-hetero) is 1. The van der Waals surface area contributed by atoms with Gasteiger partial charge in [0.1, 0.15) is 29.3 Å². The summed E-state index contributed by atoms with van der Waals surface area (Å²) in [4.78, 5) is 53.8. The fourth-order valence-electron chi connectivity index (χ4n) is 7.50. The van der Waals surface area contributed by atoms with Crippen LogP contribution in [0.4, 0.5) is 0 Å². The normalized spacial score (nSPS) is 35.4. The quantitative estimate of drug-likeness (QED) is 0.475. The molecule has 0 radical (unpaired) electrons. The smallest absolute Gasteiger partial charge is 0.338 e. The van der Waals surface area contributed by atoms with Crippen molar-refractivity contribution in [3.05, 3.63) is 65.1 Å². The van der Waals surface area contributed by atoms with E-state index in [1.165, 1.54) is 37.6 Å². The number of phenols is 1. The van der Waals surface area contributed by atoms with Crippen LogP contribution in [0.2, 0.25) is 0 Å². The lowest BCUT2D eigenvalue weighted by Crippen LogP contribution is -2.55. The predicted molar refractivity (Wildman–Crippen MR) is 130 cm³/mol. The van der Waals surface area contributed by atoms with E-state index in [4.69, 9.17) is 18.6 Å². The molecular weight excluding hydrogens is 492 g/mol. The number of furan rings is 1. The Labute approximate surface area is 218 Å². The van der Waals surface area contributed by atoms with Crippen LogP contribution < -0.4 is 0 Å². The monoisotopic (exact) mass is 520 g/mol. The lowest BCUT2D eigenvalue weighted by atomic mass is 9.52. The van der Waals surface area contributed by atoms with E-state index in [0.29, 0.717) is 17.6 Å². The minimum Gasteiger partial charge on any atom is -0.508 e. The van der Waals surface area contributed by atoms with E-state index < -0.39 is 65.1 Å². The lowest BCUT2D eigenvalue weighted by Gasteiger charge is -2.48. The number of methoxy groups -OCH3 is 1. The molecule has 8 atom stereocenters. The molecule has 1 aliphatic heterocycles. The van der Waals surface area contributed by atoms with Crippen LogP contribution >= 0.6 is 0 Å². The van der Waals surface area contributed by atoms with Gasteiger partial charge in [0, 0.05) is 29.2 Å². The first-order valence-electron chi connectivity index (χ1n) is 12.8. The molecule has 2 heterocycles. The Bertz CT molecular complexity index is 1350. The molecule has 198 valence electrons. The van der Waals surface area contributed by atoms with Crippen molar-refractivity contribution in [3.63, 3.8) is 0 Å². The summed E-state index contributed by atoms with van der Waals surface area (Å²) in [5.74, 6) is -4.60. The molecule has 9 nitrogen and oxygen atoms in total. The number of ketones is 1. The van der Waals surface area contributed by atoms with E-state index in [2.05, 4.69) is 0 Å². The molecular formula is C29H28O9. The Balaban J connectivity index is 1.43. The number of esters is 3. The number of hydrogen-bond donors (Lipinski definition) is 1. The van der Waals surface area contributed by atoms with Gasteiger partial charge in [-0.05, 0) is 54.3 Å². The number of carbonyl (C=O) groups is 4. The molecule has 3 aliphatic carbocycles. The second-order valence-corrected chi connectivity index (χ2v) is 10.8. The van der Waals surface area contributed by atoms with Gasteiger partial charge in [0.25, 0.3) is 0 Å². The minimum absolute atomic E-state index is 0.0334. The molecule has 1 saturated heterocycles. The van der Waals surface area contributed by atoms with Gasteiger partial charge >= 0.3 is 17.9 Å². The molecule has 2 bridgehead atoms. The Hall–Kier alpha value is -3.88. The third kappa shape index (κ3) is 3.17. The molecule has 2 fully saturated rings. The summed E-state index contributed by atoms with van der Waals surface area (Å²) < 4.78 is 22.3. The number of hydrogen-bond acceptors (Lipinski definition) is 9. The van der Waals surface area contributed by atoms with Gasteiger partial charge in [-0.15, -0.1) is 0 Å². The van der Waals surface area contributed by atoms with E-state index in [0.717, 1.165) is 5.56 Å². The second-order valence-electron chi connectivity index (χ2n) is 10.8. The molecule has 6 rings (SSSR count). The third-order valence-corrected chi connectivity index (χ3v) is 9.12. The standard InChI is InChI=1S/C29H28O9/c1-13-18(37-26(32)15-4-6-17(30)7-5-15)8-10-29-22(13)25(38-28(29)34)21(27(33)35-3)20-19(16-9-11-36-12-16)14(2)24(31)23(20)29/h4-7,9,11-14,18-19,21-22,25,30H,8,10H2,1-3H3. The van der Waals surface area contributed by atoms with Crippen molar-refractivity contribution < 1.29 is 42.9 Å². The predicted octanol–water partition coefficient (Wildman–Crippen LogP) is 3.57. The van der Waals surface area contributed by atoms with E-state index in [1.807, 2.05) is 13.8 Å². The summed E-state index contributed by atoms with van der Waals surface area (Å²) in [6, 6.07) is 7.53. The van der Waals surface area contributed by atoms with Crippen LogP contribution in [0.15, 0.2) is 58.4 Å². The van der Waals surface area contributed by atoms with Gasteiger partial charge in [-0.2, -0.15) is 0 Å². The SMILES string of the molecule is COC(=O)C1C2=C(C(=O)C(C)C2c2ccoc2)C23CCC(OC(=O)c4ccc(O)cc4)C(C)C2C1OC3=O. The number of ether oxygens (including phenoxy) is 3. The summed E-state index contributed by atoms with van der Waals surface area (Å²) >= 11 is 0. The van der Waals surface area contributed by atoms with Gasteiger partial charge in [-0.3, -0.25) is 14.4 Å². The number of carbonyl (C=O) groups excluding carboxylic acids is 4. The first kappa shape index (κ1) is 24.5. The van der Waals surface area contributed by atoms with Crippen LogP contribution in [0, 0.1) is 29.1 Å². The summed E-state index contributed by atoms with van der Waals surface area (Å²) in [7, 11) is 1.28. The fourth-order valence-corrected chi connectivity index (χ4v) is 7.50. The van der Waals surface area contributed by atoms with E-state index in [-0.39, 0.29) is 23.5 Å². The highest BCUT2D eigenvalue weighted by molar-refractivity contribution is 6.10. The first-order valence-corrected chi connectivity index (χ1v) is 12.8. The van der Waals surface area contributed by atoms with Crippen molar-refractivity contribution in [2.45, 2.75) is 44.8 Å². The van der Waals surface area contributed by atoms with Crippen molar-refractivity contribution >= 4 is 23.7 Å². The van der Waals surface area contributed by atoms with Gasteiger partial charge in [0.05, 0.1) is 25.2 Å². The lowest BCUT2D eigenvalue weighted by molar-refractivity contribution is -0.154. The average Bonchev–Trinajstić information content (AvgIpc) is 3.57. The maximum atomic E-state index is 13.9. The molecule has 38 heavy (non-hydrogen) atoms. The van der Waals surface area contributed by atoms with Crippen molar-refractivity contribution in [2.75, 3.05) is 7.11 Å². The maximum Gasteiger partial charge on any atom is 0.338 e. The minimum atomic E-state index is -1.21. The average molecular weight is 521 g/mol. The number of benzene rings is 1. The number of rotatable bonds is 4. The van der Waals surface area contributed by atoms with Crippen molar-refractivity contribution in [3.8, 4) is 5.75 Å². The summed E-state index contributed by atoms with van der Waals surface area (Å²) in [6.45, 7) is 3.68. The Morgan fingerprint density at radius 3 is 2.50 bits per heavy atom. The molecule has 0 amide bonds. The van der Waals surface area contributed by atoms with Crippen LogP contribution in [-0.4, -0.2) is 48.1 Å². The van der Waals surface area contributed by atoms with E-state index in [1.54, 1.807) is 12.3 Å². The Kier molecular flexibility index (Phi) is 5.52. The van der Waals surface area contributed by atoms with Crippen LogP contribution in [0.3, 0.4) is 0 Å². The van der Waals surface area contributed by atoms with Crippen molar-refractivity contribution in [2.24, 2.45) is 29.1 Å². The van der Waals surface area contributed by atoms with Crippen molar-refractivity contribution in [1.29, 1.82) is 0 Å². The van der Waals surface area contributed by atoms with Gasteiger partial charge in [-0.25, -0.2) is 4.79 Å². The number of phenolic OH excluding ortho intramolecular Hbond substituents is 1. The molecule has 1 aromatic carbocycles. The maximum absolute atomic E-state index is 13.9. The summed E-state index contributed by atoms with van der Waals surface area (Å²) in [6.07, 6.45) is 2.27. The van der Waals surface area contributed by atoms with E-state index in [9.17, 15) is 24.3 Å². The van der Waals surface area contributed by atoms with Gasteiger partial charge in [-0.1, -0.05) is 13.8 Å². The van der Waals surface area contributed by atoms with Crippen LogP contribution in [0.1, 0.15) is 48.5 Å². The molecule has 9 heteroatoms. The molecule has 2 aromatic rings. The molecule has 1 aromatic heterocycles. The zero-order valence-electron chi connectivity index (χ0n) is 21.2. The van der Waals surface area contributed by atoms with Gasteiger partial charge in [0.2, 0.25) is 0 Å². The first-order chi connectivity index (χ1) is 18.2. The van der Waals surface area contributed by atoms with Crippen LogP contribution in [-0.2, 0) is 28.6 Å².